The normalized spacial score (nSPS) is 11.1. The minimum absolute atomic E-state index is 0.0606. The zero-order valence-electron chi connectivity index (χ0n) is 12.5. The van der Waals surface area contributed by atoms with Crippen molar-refractivity contribution in [3.05, 3.63) is 41.0 Å². The molecule has 12 heteroatoms. The van der Waals surface area contributed by atoms with Crippen LogP contribution in [0, 0.1) is 23.3 Å². The van der Waals surface area contributed by atoms with Gasteiger partial charge in [-0.2, -0.15) is 0 Å². The lowest BCUT2D eigenvalue weighted by molar-refractivity contribution is -0.138. The summed E-state index contributed by atoms with van der Waals surface area (Å²) in [7, 11) is -0.440. The third-order valence-electron chi connectivity index (χ3n) is 2.66. The summed E-state index contributed by atoms with van der Waals surface area (Å²) in [5.74, 6) is -11.6. The molecule has 0 spiro atoms. The molecule has 0 unspecified atom stereocenters. The first-order chi connectivity index (χ1) is 11.4. The van der Waals surface area contributed by atoms with Crippen LogP contribution in [-0.4, -0.2) is 33.4 Å². The van der Waals surface area contributed by atoms with Crippen molar-refractivity contribution in [1.29, 1.82) is 0 Å². The fraction of sp³-hybridized carbons (Fsp3) is 0.231. The molecular weight excluding hydrogens is 394 g/mol. The molecule has 1 N–H and O–H groups in total. The maximum atomic E-state index is 13.8. The molecule has 6 nitrogen and oxygen atoms in total. The molecule has 25 heavy (non-hydrogen) atoms. The van der Waals surface area contributed by atoms with Crippen LogP contribution in [0.4, 0.5) is 17.6 Å². The van der Waals surface area contributed by atoms with Gasteiger partial charge < -0.3 is 10.1 Å². The van der Waals surface area contributed by atoms with E-state index in [4.69, 9.17) is 10.7 Å². The minimum atomic E-state index is -5.15. The van der Waals surface area contributed by atoms with Crippen LogP contribution >= 0.6 is 10.7 Å². The fourth-order valence-corrected chi connectivity index (χ4v) is 2.56. The summed E-state index contributed by atoms with van der Waals surface area (Å²) in [6.45, 7) is 3.77. The Labute approximate surface area is 143 Å². The van der Waals surface area contributed by atoms with E-state index < -0.39 is 67.8 Å². The molecule has 1 aromatic carbocycles. The van der Waals surface area contributed by atoms with Crippen LogP contribution < -0.4 is 5.32 Å². The third-order valence-corrected chi connectivity index (χ3v) is 3.97. The highest BCUT2D eigenvalue weighted by Crippen LogP contribution is 2.29. The van der Waals surface area contributed by atoms with Gasteiger partial charge in [-0.05, 0) is 6.92 Å². The van der Waals surface area contributed by atoms with Crippen LogP contribution in [0.1, 0.15) is 17.3 Å². The highest BCUT2D eigenvalue weighted by Gasteiger charge is 2.34. The number of amides is 1. The number of esters is 1. The van der Waals surface area contributed by atoms with E-state index in [1.165, 1.54) is 6.92 Å². The molecule has 0 heterocycles. The second-order valence-corrected chi connectivity index (χ2v) is 7.07. The van der Waals surface area contributed by atoms with Crippen LogP contribution in [0.3, 0.4) is 0 Å². The van der Waals surface area contributed by atoms with E-state index in [2.05, 4.69) is 11.3 Å². The zero-order valence-corrected chi connectivity index (χ0v) is 14.0. The Hall–Kier alpha value is -2.14. The van der Waals surface area contributed by atoms with Crippen LogP contribution in [-0.2, 0) is 18.6 Å². The van der Waals surface area contributed by atoms with Gasteiger partial charge in [0.1, 0.15) is 12.2 Å². The highest BCUT2D eigenvalue weighted by atomic mass is 35.7. The predicted octanol–water partition coefficient (Wildman–Crippen LogP) is 2.02. The summed E-state index contributed by atoms with van der Waals surface area (Å²) in [5, 5.41) is 1.85. The highest BCUT2D eigenvalue weighted by molar-refractivity contribution is 8.13. The maximum Gasteiger partial charge on any atom is 0.333 e. The third kappa shape index (κ3) is 4.69. The fourth-order valence-electron chi connectivity index (χ4n) is 1.54. The molecule has 1 amide bonds. The lowest BCUT2D eigenvalue weighted by Gasteiger charge is -2.11. The van der Waals surface area contributed by atoms with Crippen molar-refractivity contribution in [2.75, 3.05) is 13.2 Å². The van der Waals surface area contributed by atoms with Gasteiger partial charge >= 0.3 is 5.97 Å². The van der Waals surface area contributed by atoms with Crippen LogP contribution in [0.25, 0.3) is 0 Å². The summed E-state index contributed by atoms with van der Waals surface area (Å²) in [6.07, 6.45) is 0. The lowest BCUT2D eigenvalue weighted by Crippen LogP contribution is -2.30. The van der Waals surface area contributed by atoms with Crippen LogP contribution in [0.2, 0.25) is 0 Å². The molecule has 0 aliphatic heterocycles. The topological polar surface area (TPSA) is 89.5 Å². The number of ether oxygens (including phenoxy) is 1. The molecule has 0 saturated carbocycles. The van der Waals surface area contributed by atoms with E-state index in [1.807, 2.05) is 5.32 Å². The molecule has 138 valence electrons. The smallest absolute Gasteiger partial charge is 0.333 e. The average molecular weight is 404 g/mol. The Kier molecular flexibility index (Phi) is 6.54. The zero-order chi connectivity index (χ0) is 19.5. The molecule has 0 aromatic heterocycles. The molecule has 0 aliphatic rings. The molecule has 0 bridgehead atoms. The van der Waals surface area contributed by atoms with Crippen molar-refractivity contribution in [2.24, 2.45) is 0 Å². The number of benzene rings is 1. The monoisotopic (exact) mass is 403 g/mol. The first-order valence-corrected chi connectivity index (χ1v) is 8.62. The van der Waals surface area contributed by atoms with Crippen molar-refractivity contribution in [3.63, 3.8) is 0 Å². The van der Waals surface area contributed by atoms with Crippen molar-refractivity contribution in [3.8, 4) is 0 Å². The van der Waals surface area contributed by atoms with Crippen molar-refractivity contribution in [2.45, 2.75) is 11.8 Å². The predicted molar refractivity (Wildman–Crippen MR) is 77.4 cm³/mol. The quantitative estimate of drug-likeness (QED) is 0.196. The summed E-state index contributed by atoms with van der Waals surface area (Å²) in [6, 6.07) is 0. The summed E-state index contributed by atoms with van der Waals surface area (Å²) in [5.41, 5.74) is -1.63. The summed E-state index contributed by atoms with van der Waals surface area (Å²) >= 11 is 0. The lowest BCUT2D eigenvalue weighted by atomic mass is 10.1. The second-order valence-electron chi connectivity index (χ2n) is 4.57. The molecule has 0 radical (unpaired) electrons. The standard InChI is InChI=1S/C13H10ClF4NO5S/c1-5(2)13(21)24-4-3-19-12(20)6-7(15)9(17)11(25(14,22)23)10(18)8(6)16/h1,3-4H2,2H3,(H,19,20). The first-order valence-electron chi connectivity index (χ1n) is 6.31. The van der Waals surface area contributed by atoms with Gasteiger partial charge in [0.15, 0.2) is 28.2 Å². The number of carbonyl (C=O) groups excluding carboxylic acids is 2. The Bertz CT molecular complexity index is 827. The second kappa shape index (κ2) is 7.83. The van der Waals surface area contributed by atoms with Gasteiger partial charge in [0.25, 0.3) is 15.0 Å². The SMILES string of the molecule is C=C(C)C(=O)OCCNC(=O)c1c(F)c(F)c(S(=O)(=O)Cl)c(F)c1F. The van der Waals surface area contributed by atoms with Crippen LogP contribution in [0.15, 0.2) is 17.0 Å². The molecule has 0 saturated heterocycles. The van der Waals surface area contributed by atoms with E-state index in [0.717, 1.165) is 0 Å². The Morgan fingerprint density at radius 1 is 1.12 bits per heavy atom. The van der Waals surface area contributed by atoms with Crippen molar-refractivity contribution in [1.82, 2.24) is 5.32 Å². The van der Waals surface area contributed by atoms with Crippen molar-refractivity contribution >= 4 is 31.6 Å². The van der Waals surface area contributed by atoms with Gasteiger partial charge in [0.05, 0.1) is 6.54 Å². The van der Waals surface area contributed by atoms with E-state index in [-0.39, 0.29) is 5.57 Å². The Morgan fingerprint density at radius 3 is 2.00 bits per heavy atom. The maximum absolute atomic E-state index is 13.8. The molecule has 0 fully saturated rings. The Balaban J connectivity index is 3.05. The number of hydrogen-bond donors (Lipinski definition) is 1. The first kappa shape index (κ1) is 20.9. The van der Waals surface area contributed by atoms with Gasteiger partial charge in [-0.25, -0.2) is 30.8 Å². The average Bonchev–Trinajstić information content (AvgIpc) is 2.48. The van der Waals surface area contributed by atoms with Gasteiger partial charge in [-0.15, -0.1) is 0 Å². The number of rotatable bonds is 6. The van der Waals surface area contributed by atoms with E-state index in [1.54, 1.807) is 0 Å². The molecule has 0 atom stereocenters. The number of carbonyl (C=O) groups is 2. The molecule has 1 rings (SSSR count). The van der Waals surface area contributed by atoms with E-state index in [0.29, 0.717) is 0 Å². The Morgan fingerprint density at radius 2 is 1.60 bits per heavy atom. The van der Waals surface area contributed by atoms with Gasteiger partial charge in [-0.1, -0.05) is 6.58 Å². The van der Waals surface area contributed by atoms with Crippen LogP contribution in [0.5, 0.6) is 0 Å². The van der Waals surface area contributed by atoms with E-state index in [9.17, 15) is 35.6 Å². The molecular formula is C13H10ClF4NO5S. The minimum Gasteiger partial charge on any atom is -0.460 e. The molecule has 0 aliphatic carbocycles. The van der Waals surface area contributed by atoms with Gasteiger partial charge in [0, 0.05) is 16.3 Å². The van der Waals surface area contributed by atoms with E-state index >= 15 is 0 Å². The largest absolute Gasteiger partial charge is 0.460 e. The number of nitrogens with one attached hydrogen (secondary N) is 1. The van der Waals surface area contributed by atoms with Crippen molar-refractivity contribution < 1.29 is 40.3 Å². The number of halogens is 5. The summed E-state index contributed by atoms with van der Waals surface area (Å²) < 4.78 is 81.4. The summed E-state index contributed by atoms with van der Waals surface area (Å²) in [4.78, 5) is 20.7. The van der Waals surface area contributed by atoms with Gasteiger partial charge in [0.2, 0.25) is 0 Å². The number of hydrogen-bond acceptors (Lipinski definition) is 5. The molecule has 1 aromatic rings. The van der Waals surface area contributed by atoms with Gasteiger partial charge in [-0.3, -0.25) is 4.79 Å².